The number of quaternary nitrogens is 1. The third-order valence-corrected chi connectivity index (χ3v) is 6.37. The summed E-state index contributed by atoms with van der Waals surface area (Å²) in [6.07, 6.45) is 1.83. The van der Waals surface area contributed by atoms with Crippen molar-refractivity contribution in [2.45, 2.75) is 6.04 Å². The Bertz CT molecular complexity index is 1230. The number of rotatable bonds is 5. The van der Waals surface area contributed by atoms with Gasteiger partial charge in [0.05, 0.1) is 26.2 Å². The second-order valence-corrected chi connectivity index (χ2v) is 8.27. The van der Waals surface area contributed by atoms with Gasteiger partial charge in [-0.1, -0.05) is 66.7 Å². The van der Waals surface area contributed by atoms with Crippen molar-refractivity contribution in [1.82, 2.24) is 9.88 Å². The van der Waals surface area contributed by atoms with Gasteiger partial charge in [0.2, 0.25) is 5.78 Å². The quantitative estimate of drug-likeness (QED) is 0.484. The van der Waals surface area contributed by atoms with Crippen LogP contribution in [0.1, 0.15) is 32.3 Å². The number of fused-ring (bicyclic) bond motifs is 1. The maximum Gasteiger partial charge on any atom is 0.254 e. The Morgan fingerprint density at radius 3 is 2.16 bits per heavy atom. The fourth-order valence-corrected chi connectivity index (χ4v) is 4.70. The molecule has 5 nitrogen and oxygen atoms in total. The van der Waals surface area contributed by atoms with Gasteiger partial charge < -0.3 is 14.8 Å². The van der Waals surface area contributed by atoms with Gasteiger partial charge >= 0.3 is 0 Å². The maximum absolute atomic E-state index is 13.8. The lowest BCUT2D eigenvalue weighted by Gasteiger charge is -2.36. The van der Waals surface area contributed by atoms with Gasteiger partial charge in [-0.15, -0.1) is 0 Å². The number of benzene rings is 3. The number of piperazine rings is 1. The monoisotopic (exact) mass is 424 g/mol. The zero-order valence-corrected chi connectivity index (χ0v) is 17.8. The molecule has 5 heteroatoms. The van der Waals surface area contributed by atoms with Gasteiger partial charge in [-0.25, -0.2) is 0 Å². The average molecular weight is 425 g/mol. The first kappa shape index (κ1) is 20.2. The topological polar surface area (TPSA) is 57.6 Å². The van der Waals surface area contributed by atoms with E-state index in [9.17, 15) is 9.59 Å². The first-order chi connectivity index (χ1) is 15.7. The minimum Gasteiger partial charge on any atom is -0.360 e. The van der Waals surface area contributed by atoms with Crippen molar-refractivity contribution in [2.24, 2.45) is 0 Å². The molecule has 1 fully saturated rings. The number of nitrogens with zero attached hydrogens (tertiary/aromatic N) is 1. The fraction of sp³-hybridized carbons (Fsp3) is 0.185. The van der Waals surface area contributed by atoms with E-state index in [0.717, 1.165) is 35.1 Å². The summed E-state index contributed by atoms with van der Waals surface area (Å²) in [6.45, 7) is 2.72. The number of aromatic amines is 1. The van der Waals surface area contributed by atoms with Crippen LogP contribution in [-0.4, -0.2) is 47.8 Å². The number of ketones is 1. The van der Waals surface area contributed by atoms with E-state index in [1.807, 2.05) is 96.0 Å². The Hall–Kier alpha value is -3.70. The maximum atomic E-state index is 13.8. The molecule has 0 saturated carbocycles. The number of para-hydroxylation sites is 1. The van der Waals surface area contributed by atoms with Gasteiger partial charge in [-0.3, -0.25) is 9.59 Å². The number of carbonyl (C=O) groups excluding carboxylic acids is 2. The van der Waals surface area contributed by atoms with Crippen LogP contribution >= 0.6 is 0 Å². The fourth-order valence-electron chi connectivity index (χ4n) is 4.70. The summed E-state index contributed by atoms with van der Waals surface area (Å²) >= 11 is 0. The SMILES string of the molecule is O=C(c1c[nH]c2ccccc12)[C@@H](c1ccccc1)[NH+]1CCN(C(=O)c2ccccc2)CC1. The lowest BCUT2D eigenvalue weighted by Crippen LogP contribution is -3.15. The van der Waals surface area contributed by atoms with Crippen LogP contribution in [0.3, 0.4) is 0 Å². The summed E-state index contributed by atoms with van der Waals surface area (Å²) < 4.78 is 0. The van der Waals surface area contributed by atoms with E-state index in [1.54, 1.807) is 0 Å². The van der Waals surface area contributed by atoms with Crippen molar-refractivity contribution in [3.63, 3.8) is 0 Å². The van der Waals surface area contributed by atoms with E-state index in [-0.39, 0.29) is 17.7 Å². The van der Waals surface area contributed by atoms with Crippen molar-refractivity contribution in [1.29, 1.82) is 0 Å². The van der Waals surface area contributed by atoms with Gasteiger partial charge in [0.1, 0.15) is 0 Å². The summed E-state index contributed by atoms with van der Waals surface area (Å²) in [7, 11) is 0. The molecule has 5 rings (SSSR count). The van der Waals surface area contributed by atoms with Gasteiger partial charge in [0.25, 0.3) is 5.91 Å². The number of hydrogen-bond donors (Lipinski definition) is 2. The van der Waals surface area contributed by atoms with Crippen molar-refractivity contribution >= 4 is 22.6 Å². The van der Waals surface area contributed by atoms with Gasteiger partial charge in [-0.05, 0) is 18.2 Å². The number of Topliss-reactive ketones (excluding diaryl/α,β-unsaturated/α-hetero) is 1. The molecule has 1 aromatic heterocycles. The molecule has 160 valence electrons. The van der Waals surface area contributed by atoms with Crippen LogP contribution in [0.5, 0.6) is 0 Å². The van der Waals surface area contributed by atoms with Crippen LogP contribution in [0.2, 0.25) is 0 Å². The number of aromatic nitrogens is 1. The van der Waals surface area contributed by atoms with Crippen LogP contribution in [0.15, 0.2) is 91.1 Å². The van der Waals surface area contributed by atoms with E-state index < -0.39 is 0 Å². The number of carbonyl (C=O) groups is 2. The van der Waals surface area contributed by atoms with E-state index in [1.165, 1.54) is 4.90 Å². The first-order valence-electron chi connectivity index (χ1n) is 11.1. The molecule has 0 radical (unpaired) electrons. The zero-order chi connectivity index (χ0) is 21.9. The molecular formula is C27H26N3O2+. The smallest absolute Gasteiger partial charge is 0.254 e. The molecule has 1 aliphatic rings. The van der Waals surface area contributed by atoms with Gasteiger partial charge in [0.15, 0.2) is 6.04 Å². The number of H-pyrrole nitrogens is 1. The molecule has 1 amide bonds. The highest BCUT2D eigenvalue weighted by atomic mass is 16.2. The second kappa shape index (κ2) is 8.81. The molecule has 0 aliphatic carbocycles. The van der Waals surface area contributed by atoms with E-state index in [4.69, 9.17) is 0 Å². The highest BCUT2D eigenvalue weighted by molar-refractivity contribution is 6.10. The Labute approximate surface area is 187 Å². The molecule has 0 spiro atoms. The third kappa shape index (κ3) is 3.83. The lowest BCUT2D eigenvalue weighted by molar-refractivity contribution is -0.925. The summed E-state index contributed by atoms with van der Waals surface area (Å²) in [6, 6.07) is 27.0. The van der Waals surface area contributed by atoms with Crippen LogP contribution in [-0.2, 0) is 0 Å². The lowest BCUT2D eigenvalue weighted by atomic mass is 9.95. The largest absolute Gasteiger partial charge is 0.360 e. The van der Waals surface area contributed by atoms with Crippen LogP contribution < -0.4 is 4.90 Å². The van der Waals surface area contributed by atoms with Gasteiger partial charge in [0, 0.05) is 33.8 Å². The van der Waals surface area contributed by atoms with Crippen molar-refractivity contribution < 1.29 is 14.5 Å². The van der Waals surface area contributed by atoms with Crippen LogP contribution in [0.25, 0.3) is 10.9 Å². The minimum atomic E-state index is -0.301. The van der Waals surface area contributed by atoms with Crippen LogP contribution in [0, 0.1) is 0 Å². The summed E-state index contributed by atoms with van der Waals surface area (Å²) in [5, 5.41) is 0.954. The van der Waals surface area contributed by atoms with Crippen molar-refractivity contribution in [2.75, 3.05) is 26.2 Å². The standard InChI is InChI=1S/C27H25N3O2/c31-26(23-19-28-24-14-8-7-13-22(23)24)25(20-9-3-1-4-10-20)29-15-17-30(18-16-29)27(32)21-11-5-2-6-12-21/h1-14,19,25,28H,15-18H2/p+1/t25-/m1/s1. The Morgan fingerprint density at radius 2 is 1.44 bits per heavy atom. The molecule has 1 aliphatic heterocycles. The van der Waals surface area contributed by atoms with E-state index in [2.05, 4.69) is 4.98 Å². The third-order valence-electron chi connectivity index (χ3n) is 6.37. The molecule has 2 heterocycles. The average Bonchev–Trinajstić information content (AvgIpc) is 3.30. The normalized spacial score (nSPS) is 15.6. The highest BCUT2D eigenvalue weighted by Gasteiger charge is 2.36. The Morgan fingerprint density at radius 1 is 0.812 bits per heavy atom. The highest BCUT2D eigenvalue weighted by Crippen LogP contribution is 2.23. The molecule has 1 saturated heterocycles. The molecule has 32 heavy (non-hydrogen) atoms. The predicted molar refractivity (Wildman–Crippen MR) is 125 cm³/mol. The second-order valence-electron chi connectivity index (χ2n) is 8.27. The number of amides is 1. The molecule has 0 unspecified atom stereocenters. The molecule has 4 aromatic rings. The molecule has 0 bridgehead atoms. The molecule has 2 N–H and O–H groups in total. The minimum absolute atomic E-state index is 0.0591. The Kier molecular flexibility index (Phi) is 5.57. The Balaban J connectivity index is 1.40. The zero-order valence-electron chi connectivity index (χ0n) is 17.8. The molecular weight excluding hydrogens is 398 g/mol. The number of nitrogens with one attached hydrogen (secondary N) is 2. The first-order valence-corrected chi connectivity index (χ1v) is 11.1. The number of hydrogen-bond acceptors (Lipinski definition) is 2. The summed E-state index contributed by atoms with van der Waals surface area (Å²) in [5.41, 5.74) is 3.42. The van der Waals surface area contributed by atoms with Crippen molar-refractivity contribution in [3.8, 4) is 0 Å². The molecule has 1 atom stereocenters. The van der Waals surface area contributed by atoms with Gasteiger partial charge in [-0.2, -0.15) is 0 Å². The van der Waals surface area contributed by atoms with E-state index in [0.29, 0.717) is 18.7 Å². The van der Waals surface area contributed by atoms with Crippen molar-refractivity contribution in [3.05, 3.63) is 108 Å². The summed E-state index contributed by atoms with van der Waals surface area (Å²) in [4.78, 5) is 33.0. The van der Waals surface area contributed by atoms with E-state index >= 15 is 0 Å². The van der Waals surface area contributed by atoms with Crippen LogP contribution in [0.4, 0.5) is 0 Å². The molecule has 3 aromatic carbocycles. The predicted octanol–water partition coefficient (Wildman–Crippen LogP) is 3.13. The summed E-state index contributed by atoms with van der Waals surface area (Å²) in [5.74, 6) is 0.176.